The third-order valence-corrected chi connectivity index (χ3v) is 4.96. The lowest BCUT2D eigenvalue weighted by Crippen LogP contribution is -1.81. The van der Waals surface area contributed by atoms with Gasteiger partial charge < -0.3 is 0 Å². The predicted molar refractivity (Wildman–Crippen MR) is 59.5 cm³/mol. The Hall–Kier alpha value is 0.0500. The number of hydrogen-bond acceptors (Lipinski definition) is 1. The van der Waals surface area contributed by atoms with E-state index in [-0.39, 0.29) is 0 Å². The molecule has 0 aromatic rings. The minimum Gasteiger partial charge on any atom is -0.120 e. The highest BCUT2D eigenvalue weighted by Gasteiger charge is 2.28. The molecule has 0 radical (unpaired) electrons. The molecule has 0 saturated carbocycles. The van der Waals surface area contributed by atoms with Crippen LogP contribution in [0.4, 0.5) is 0 Å². The standard InChI is InChI=1S/C10H11BrS/c1-5-6(2)9-8(11)4-12-10(9)7(5)3/h4H2,1-3H3. The van der Waals surface area contributed by atoms with Crippen LogP contribution in [0.1, 0.15) is 20.8 Å². The molecule has 0 N–H and O–H groups in total. The normalized spacial score (nSPS) is 23.0. The Kier molecular flexibility index (Phi) is 2.00. The summed E-state index contributed by atoms with van der Waals surface area (Å²) in [6, 6.07) is 0. The summed E-state index contributed by atoms with van der Waals surface area (Å²) in [6.07, 6.45) is 0. The summed E-state index contributed by atoms with van der Waals surface area (Å²) in [7, 11) is 0. The maximum absolute atomic E-state index is 3.63. The van der Waals surface area contributed by atoms with Gasteiger partial charge in [-0.25, -0.2) is 0 Å². The van der Waals surface area contributed by atoms with Crippen molar-refractivity contribution >= 4 is 27.7 Å². The molecule has 0 aromatic heterocycles. The molecule has 0 atom stereocenters. The highest BCUT2D eigenvalue weighted by atomic mass is 79.9. The highest BCUT2D eigenvalue weighted by molar-refractivity contribution is 9.12. The second-order valence-corrected chi connectivity index (χ2v) is 5.22. The van der Waals surface area contributed by atoms with E-state index >= 15 is 0 Å². The number of allylic oxidation sites excluding steroid dienone is 4. The molecule has 0 fully saturated rings. The summed E-state index contributed by atoms with van der Waals surface area (Å²) in [5.41, 5.74) is 5.86. The van der Waals surface area contributed by atoms with Crippen molar-refractivity contribution in [1.82, 2.24) is 0 Å². The third kappa shape index (κ3) is 0.975. The van der Waals surface area contributed by atoms with Crippen LogP contribution in [-0.4, -0.2) is 5.75 Å². The van der Waals surface area contributed by atoms with Gasteiger partial charge in [0, 0.05) is 20.7 Å². The molecule has 1 aliphatic heterocycles. The van der Waals surface area contributed by atoms with Gasteiger partial charge in [-0.3, -0.25) is 0 Å². The van der Waals surface area contributed by atoms with Crippen LogP contribution in [0.5, 0.6) is 0 Å². The molecule has 0 unspecified atom stereocenters. The fraction of sp³-hybridized carbons (Fsp3) is 0.400. The topological polar surface area (TPSA) is 0 Å². The average Bonchev–Trinajstić information content (AvgIpc) is 2.51. The minimum atomic E-state index is 1.12. The molecule has 12 heavy (non-hydrogen) atoms. The van der Waals surface area contributed by atoms with Gasteiger partial charge in [0.1, 0.15) is 0 Å². The van der Waals surface area contributed by atoms with Crippen molar-refractivity contribution in [3.8, 4) is 0 Å². The van der Waals surface area contributed by atoms with Crippen LogP contribution in [0, 0.1) is 0 Å². The number of rotatable bonds is 0. The number of hydrogen-bond donors (Lipinski definition) is 0. The van der Waals surface area contributed by atoms with Gasteiger partial charge in [-0.1, -0.05) is 15.9 Å². The largest absolute Gasteiger partial charge is 0.120 e. The fourth-order valence-electron chi connectivity index (χ4n) is 1.71. The van der Waals surface area contributed by atoms with Crippen molar-refractivity contribution in [2.75, 3.05) is 5.75 Å². The molecule has 2 rings (SSSR count). The molecule has 0 amide bonds. The van der Waals surface area contributed by atoms with Gasteiger partial charge in [-0.15, -0.1) is 11.8 Å². The van der Waals surface area contributed by atoms with Gasteiger partial charge in [-0.2, -0.15) is 0 Å². The Labute approximate surface area is 85.9 Å². The van der Waals surface area contributed by atoms with Crippen molar-refractivity contribution in [2.24, 2.45) is 0 Å². The second kappa shape index (κ2) is 2.78. The van der Waals surface area contributed by atoms with E-state index in [4.69, 9.17) is 0 Å². The second-order valence-electron chi connectivity index (χ2n) is 3.27. The van der Waals surface area contributed by atoms with Gasteiger partial charge in [0.15, 0.2) is 0 Å². The lowest BCUT2D eigenvalue weighted by atomic mass is 10.1. The van der Waals surface area contributed by atoms with Crippen molar-refractivity contribution in [2.45, 2.75) is 20.8 Å². The van der Waals surface area contributed by atoms with Crippen LogP contribution < -0.4 is 0 Å². The van der Waals surface area contributed by atoms with Crippen LogP contribution in [0.3, 0.4) is 0 Å². The van der Waals surface area contributed by atoms with Crippen molar-refractivity contribution in [1.29, 1.82) is 0 Å². The lowest BCUT2D eigenvalue weighted by molar-refractivity contribution is 1.31. The van der Waals surface area contributed by atoms with Crippen LogP contribution in [0.15, 0.2) is 31.7 Å². The zero-order valence-electron chi connectivity index (χ0n) is 7.49. The smallest absolute Gasteiger partial charge is 0.0305 e. The Morgan fingerprint density at radius 3 is 2.33 bits per heavy atom. The van der Waals surface area contributed by atoms with Crippen molar-refractivity contribution < 1.29 is 0 Å². The first-order valence-electron chi connectivity index (χ1n) is 4.04. The predicted octanol–water partition coefficient (Wildman–Crippen LogP) is 4.01. The van der Waals surface area contributed by atoms with Crippen LogP contribution in [-0.2, 0) is 0 Å². The quantitative estimate of drug-likeness (QED) is 0.619. The first kappa shape index (κ1) is 8.64. The molecule has 1 aliphatic carbocycles. The van der Waals surface area contributed by atoms with E-state index in [9.17, 15) is 0 Å². The van der Waals surface area contributed by atoms with Crippen LogP contribution in [0.2, 0.25) is 0 Å². The van der Waals surface area contributed by atoms with Crippen molar-refractivity contribution in [3.05, 3.63) is 31.7 Å². The fourth-order valence-corrected chi connectivity index (χ4v) is 3.89. The molecule has 64 valence electrons. The molecule has 0 saturated heterocycles. The minimum absolute atomic E-state index is 1.12. The van der Waals surface area contributed by atoms with E-state index in [0.717, 1.165) is 5.75 Å². The molecule has 1 heterocycles. The first-order chi connectivity index (χ1) is 5.63. The Bertz CT molecular complexity index is 345. The van der Waals surface area contributed by atoms with Crippen molar-refractivity contribution in [3.63, 3.8) is 0 Å². The van der Waals surface area contributed by atoms with E-state index < -0.39 is 0 Å². The van der Waals surface area contributed by atoms with Gasteiger partial charge in [0.25, 0.3) is 0 Å². The van der Waals surface area contributed by atoms with Crippen LogP contribution in [0.25, 0.3) is 0 Å². The number of fused-ring (bicyclic) bond motifs is 1. The molecular weight excluding hydrogens is 232 g/mol. The Morgan fingerprint density at radius 2 is 1.75 bits per heavy atom. The molecule has 0 nitrogen and oxygen atoms in total. The maximum Gasteiger partial charge on any atom is 0.0305 e. The van der Waals surface area contributed by atoms with Gasteiger partial charge in [0.2, 0.25) is 0 Å². The van der Waals surface area contributed by atoms with Gasteiger partial charge in [-0.05, 0) is 37.5 Å². The van der Waals surface area contributed by atoms with E-state index in [1.54, 1.807) is 0 Å². The summed E-state index contributed by atoms with van der Waals surface area (Å²) in [6.45, 7) is 6.65. The SMILES string of the molecule is CC1=C(C)C2=C(Br)CSC2=C1C. The zero-order valence-corrected chi connectivity index (χ0v) is 9.90. The summed E-state index contributed by atoms with van der Waals surface area (Å²) in [4.78, 5) is 1.50. The summed E-state index contributed by atoms with van der Waals surface area (Å²) in [5, 5.41) is 0. The molecule has 0 bridgehead atoms. The molecule has 2 aliphatic rings. The maximum atomic E-state index is 3.63. The summed E-state index contributed by atoms with van der Waals surface area (Å²) < 4.78 is 1.37. The highest BCUT2D eigenvalue weighted by Crippen LogP contribution is 2.50. The van der Waals surface area contributed by atoms with E-state index in [2.05, 4.69) is 36.7 Å². The number of thioether (sulfide) groups is 1. The van der Waals surface area contributed by atoms with Gasteiger partial charge >= 0.3 is 0 Å². The zero-order chi connectivity index (χ0) is 8.88. The monoisotopic (exact) mass is 242 g/mol. The molecule has 0 spiro atoms. The number of halogens is 1. The molecule has 2 heteroatoms. The van der Waals surface area contributed by atoms with E-state index in [1.165, 1.54) is 31.7 Å². The lowest BCUT2D eigenvalue weighted by Gasteiger charge is -1.98. The van der Waals surface area contributed by atoms with Crippen LogP contribution >= 0.6 is 27.7 Å². The Morgan fingerprint density at radius 1 is 1.08 bits per heavy atom. The average molecular weight is 243 g/mol. The third-order valence-electron chi connectivity index (χ3n) is 2.68. The van der Waals surface area contributed by atoms with E-state index in [0.29, 0.717) is 0 Å². The van der Waals surface area contributed by atoms with E-state index in [1.807, 2.05) is 11.8 Å². The summed E-state index contributed by atoms with van der Waals surface area (Å²) in [5.74, 6) is 1.12. The van der Waals surface area contributed by atoms with Gasteiger partial charge in [0.05, 0.1) is 0 Å². The molecule has 0 aromatic carbocycles. The first-order valence-corrected chi connectivity index (χ1v) is 5.81. The molecular formula is C10H11BrS. The summed E-state index contributed by atoms with van der Waals surface area (Å²) >= 11 is 5.58. The Balaban J connectivity index is 2.65.